The SMILES string of the molecule is COc1cc(Cl)c(-c2cccc(N)n2)cc1Cl. The van der Waals surface area contributed by atoms with Crippen molar-refractivity contribution in [1.29, 1.82) is 0 Å². The highest BCUT2D eigenvalue weighted by molar-refractivity contribution is 6.36. The quantitative estimate of drug-likeness (QED) is 0.905. The Morgan fingerprint density at radius 1 is 1.18 bits per heavy atom. The number of nitrogen functional groups attached to an aromatic ring is 1. The smallest absolute Gasteiger partial charge is 0.138 e. The molecule has 0 amide bonds. The van der Waals surface area contributed by atoms with Gasteiger partial charge in [-0.25, -0.2) is 4.98 Å². The van der Waals surface area contributed by atoms with Gasteiger partial charge in [0, 0.05) is 11.6 Å². The topological polar surface area (TPSA) is 48.1 Å². The fourth-order valence-electron chi connectivity index (χ4n) is 1.48. The molecule has 0 aliphatic rings. The lowest BCUT2D eigenvalue weighted by Crippen LogP contribution is -1.93. The average Bonchev–Trinajstić information content (AvgIpc) is 2.31. The van der Waals surface area contributed by atoms with Crippen LogP contribution in [0, 0.1) is 0 Å². The Morgan fingerprint density at radius 3 is 2.59 bits per heavy atom. The first-order valence-corrected chi connectivity index (χ1v) is 5.63. The third kappa shape index (κ3) is 2.46. The largest absolute Gasteiger partial charge is 0.495 e. The highest BCUT2D eigenvalue weighted by atomic mass is 35.5. The van der Waals surface area contributed by atoms with Gasteiger partial charge in [-0.1, -0.05) is 29.3 Å². The van der Waals surface area contributed by atoms with E-state index in [0.717, 1.165) is 5.56 Å². The number of pyridine rings is 1. The molecular weight excluding hydrogens is 259 g/mol. The van der Waals surface area contributed by atoms with Crippen LogP contribution in [0.1, 0.15) is 0 Å². The van der Waals surface area contributed by atoms with Crippen LogP contribution in [-0.4, -0.2) is 12.1 Å². The summed E-state index contributed by atoms with van der Waals surface area (Å²) in [4.78, 5) is 4.19. The van der Waals surface area contributed by atoms with Crippen LogP contribution in [0.3, 0.4) is 0 Å². The van der Waals surface area contributed by atoms with E-state index < -0.39 is 0 Å². The third-order valence-electron chi connectivity index (χ3n) is 2.29. The second kappa shape index (κ2) is 4.82. The zero-order chi connectivity index (χ0) is 12.4. The van der Waals surface area contributed by atoms with E-state index >= 15 is 0 Å². The second-order valence-electron chi connectivity index (χ2n) is 3.41. The van der Waals surface area contributed by atoms with Crippen LogP contribution in [0.2, 0.25) is 10.0 Å². The molecule has 0 atom stereocenters. The highest BCUT2D eigenvalue weighted by Crippen LogP contribution is 2.35. The molecule has 0 bridgehead atoms. The first kappa shape index (κ1) is 12.0. The van der Waals surface area contributed by atoms with Gasteiger partial charge in [-0.15, -0.1) is 0 Å². The van der Waals surface area contributed by atoms with Crippen molar-refractivity contribution in [3.63, 3.8) is 0 Å². The second-order valence-corrected chi connectivity index (χ2v) is 4.23. The number of aromatic nitrogens is 1. The lowest BCUT2D eigenvalue weighted by Gasteiger charge is -2.08. The Labute approximate surface area is 109 Å². The summed E-state index contributed by atoms with van der Waals surface area (Å²) in [6.45, 7) is 0. The maximum Gasteiger partial charge on any atom is 0.138 e. The Balaban J connectivity index is 2.56. The average molecular weight is 269 g/mol. The van der Waals surface area contributed by atoms with Crippen LogP contribution >= 0.6 is 23.2 Å². The molecule has 88 valence electrons. The van der Waals surface area contributed by atoms with Crippen molar-refractivity contribution < 1.29 is 4.74 Å². The molecule has 0 aliphatic carbocycles. The van der Waals surface area contributed by atoms with Crippen molar-refractivity contribution in [3.8, 4) is 17.0 Å². The fraction of sp³-hybridized carbons (Fsp3) is 0.0833. The molecule has 0 saturated carbocycles. The molecule has 1 aromatic heterocycles. The van der Waals surface area contributed by atoms with Crippen LogP contribution < -0.4 is 10.5 Å². The van der Waals surface area contributed by atoms with E-state index in [4.69, 9.17) is 33.7 Å². The molecule has 17 heavy (non-hydrogen) atoms. The Hall–Kier alpha value is -1.45. The number of nitrogens with zero attached hydrogens (tertiary/aromatic N) is 1. The number of hydrogen-bond acceptors (Lipinski definition) is 3. The van der Waals surface area contributed by atoms with E-state index in [-0.39, 0.29) is 0 Å². The van der Waals surface area contributed by atoms with Crippen molar-refractivity contribution in [1.82, 2.24) is 4.98 Å². The molecule has 2 aromatic rings. The van der Waals surface area contributed by atoms with Crippen LogP contribution in [0.4, 0.5) is 5.82 Å². The fourth-order valence-corrected chi connectivity index (χ4v) is 1.97. The molecule has 0 saturated heterocycles. The van der Waals surface area contributed by atoms with Crippen molar-refractivity contribution in [2.24, 2.45) is 0 Å². The van der Waals surface area contributed by atoms with Crippen molar-refractivity contribution in [3.05, 3.63) is 40.4 Å². The van der Waals surface area contributed by atoms with Gasteiger partial charge in [-0.05, 0) is 18.2 Å². The minimum Gasteiger partial charge on any atom is -0.495 e. The van der Waals surface area contributed by atoms with E-state index in [1.165, 1.54) is 7.11 Å². The van der Waals surface area contributed by atoms with E-state index in [1.54, 1.807) is 18.2 Å². The Kier molecular flexibility index (Phi) is 3.41. The van der Waals surface area contributed by atoms with Gasteiger partial charge in [-0.2, -0.15) is 0 Å². The van der Waals surface area contributed by atoms with Gasteiger partial charge in [0.25, 0.3) is 0 Å². The molecule has 2 rings (SSSR count). The molecule has 5 heteroatoms. The molecule has 0 unspecified atom stereocenters. The van der Waals surface area contributed by atoms with Gasteiger partial charge >= 0.3 is 0 Å². The number of methoxy groups -OCH3 is 1. The van der Waals surface area contributed by atoms with E-state index in [2.05, 4.69) is 4.98 Å². The monoisotopic (exact) mass is 268 g/mol. The van der Waals surface area contributed by atoms with Crippen LogP contribution in [0.25, 0.3) is 11.3 Å². The number of rotatable bonds is 2. The molecule has 2 N–H and O–H groups in total. The molecule has 0 spiro atoms. The summed E-state index contributed by atoms with van der Waals surface area (Å²) in [5.74, 6) is 0.967. The number of hydrogen-bond donors (Lipinski definition) is 1. The number of ether oxygens (including phenoxy) is 1. The maximum absolute atomic E-state index is 6.15. The number of nitrogens with two attached hydrogens (primary N) is 1. The third-order valence-corrected chi connectivity index (χ3v) is 2.90. The maximum atomic E-state index is 6.15. The molecule has 0 fully saturated rings. The zero-order valence-corrected chi connectivity index (χ0v) is 10.6. The van der Waals surface area contributed by atoms with Crippen molar-refractivity contribution in [2.45, 2.75) is 0 Å². The molecular formula is C12H10Cl2N2O. The van der Waals surface area contributed by atoms with E-state index in [9.17, 15) is 0 Å². The minimum atomic E-state index is 0.436. The summed E-state index contributed by atoms with van der Waals surface area (Å²) >= 11 is 12.2. The first-order valence-electron chi connectivity index (χ1n) is 4.87. The molecule has 1 aromatic carbocycles. The van der Waals surface area contributed by atoms with Gasteiger partial charge in [0.05, 0.1) is 22.8 Å². The summed E-state index contributed by atoms with van der Waals surface area (Å²) in [5.41, 5.74) is 7.04. The predicted molar refractivity (Wildman–Crippen MR) is 70.7 cm³/mol. The van der Waals surface area contributed by atoms with Gasteiger partial charge < -0.3 is 10.5 Å². The number of anilines is 1. The van der Waals surface area contributed by atoms with E-state index in [1.807, 2.05) is 12.1 Å². The van der Waals surface area contributed by atoms with Gasteiger partial charge in [0.15, 0.2) is 0 Å². The minimum absolute atomic E-state index is 0.436. The first-order chi connectivity index (χ1) is 8.11. The van der Waals surface area contributed by atoms with Crippen LogP contribution in [0.5, 0.6) is 5.75 Å². The Bertz CT molecular complexity index is 558. The molecule has 0 aliphatic heterocycles. The summed E-state index contributed by atoms with van der Waals surface area (Å²) < 4.78 is 5.08. The van der Waals surface area contributed by atoms with Gasteiger partial charge in [0.2, 0.25) is 0 Å². The summed E-state index contributed by atoms with van der Waals surface area (Å²) in [5, 5.41) is 1.00. The standard InChI is InChI=1S/C12H10Cl2N2O/c1-17-11-6-8(13)7(5-9(11)14)10-3-2-4-12(15)16-10/h2-6H,1H3,(H2,15,16). The summed E-state index contributed by atoms with van der Waals surface area (Å²) in [6.07, 6.45) is 0. The molecule has 3 nitrogen and oxygen atoms in total. The molecule has 0 radical (unpaired) electrons. The van der Waals surface area contributed by atoms with Crippen molar-refractivity contribution >= 4 is 29.0 Å². The lowest BCUT2D eigenvalue weighted by atomic mass is 10.1. The lowest BCUT2D eigenvalue weighted by molar-refractivity contribution is 0.415. The van der Waals surface area contributed by atoms with Crippen LogP contribution in [0.15, 0.2) is 30.3 Å². The van der Waals surface area contributed by atoms with Crippen molar-refractivity contribution in [2.75, 3.05) is 12.8 Å². The summed E-state index contributed by atoms with van der Waals surface area (Å²) in [7, 11) is 1.54. The van der Waals surface area contributed by atoms with Crippen LogP contribution in [-0.2, 0) is 0 Å². The van der Waals surface area contributed by atoms with E-state index in [0.29, 0.717) is 27.3 Å². The zero-order valence-electron chi connectivity index (χ0n) is 9.08. The van der Waals surface area contributed by atoms with Gasteiger partial charge in [0.1, 0.15) is 11.6 Å². The normalized spacial score (nSPS) is 10.3. The predicted octanol–water partition coefficient (Wildman–Crippen LogP) is 3.65. The summed E-state index contributed by atoms with van der Waals surface area (Å²) in [6, 6.07) is 8.71. The van der Waals surface area contributed by atoms with Gasteiger partial charge in [-0.3, -0.25) is 0 Å². The highest BCUT2D eigenvalue weighted by Gasteiger charge is 2.10. The Morgan fingerprint density at radius 2 is 1.94 bits per heavy atom. The number of benzene rings is 1. The molecule has 1 heterocycles. The number of halogens is 2.